The number of carbonyl (C=O) groups excluding carboxylic acids is 2. The van der Waals surface area contributed by atoms with Gasteiger partial charge in [-0.05, 0) is 61.5 Å². The summed E-state index contributed by atoms with van der Waals surface area (Å²) < 4.78 is 12.9. The van der Waals surface area contributed by atoms with Crippen LogP contribution in [0.4, 0.5) is 9.18 Å². The number of benzene rings is 1. The first-order valence-corrected chi connectivity index (χ1v) is 8.76. The highest BCUT2D eigenvalue weighted by Gasteiger charge is 2.52. The van der Waals surface area contributed by atoms with Gasteiger partial charge < -0.3 is 10.6 Å². The van der Waals surface area contributed by atoms with Crippen LogP contribution in [0.15, 0.2) is 24.3 Å². The van der Waals surface area contributed by atoms with E-state index in [1.54, 1.807) is 12.1 Å². The average Bonchev–Trinajstić information content (AvgIpc) is 2.82. The molecule has 0 aromatic heterocycles. The number of nitrogens with one attached hydrogen (secondary N) is 3. The summed E-state index contributed by atoms with van der Waals surface area (Å²) in [6.45, 7) is 2.51. The number of hydrogen-bond acceptors (Lipinski definition) is 3. The quantitative estimate of drug-likeness (QED) is 0.566. The molecule has 0 radical (unpaired) electrons. The van der Waals surface area contributed by atoms with E-state index in [4.69, 9.17) is 12.2 Å². The molecule has 8 heteroatoms. The number of imide groups is 1. The number of hydrogen-bond donors (Lipinski definition) is 3. The Morgan fingerprint density at radius 1 is 1.32 bits per heavy atom. The van der Waals surface area contributed by atoms with E-state index < -0.39 is 11.6 Å². The lowest BCUT2D eigenvalue weighted by Crippen LogP contribution is -2.53. The zero-order valence-electron chi connectivity index (χ0n) is 14.0. The smallest absolute Gasteiger partial charge is 0.344 e. The van der Waals surface area contributed by atoms with Gasteiger partial charge in [-0.25, -0.2) is 9.18 Å². The van der Waals surface area contributed by atoms with Gasteiger partial charge in [-0.1, -0.05) is 19.1 Å². The van der Waals surface area contributed by atoms with Gasteiger partial charge in [-0.15, -0.1) is 0 Å². The molecule has 0 bridgehead atoms. The Balaban J connectivity index is 1.56. The molecule has 3 rings (SSSR count). The molecule has 3 N–H and O–H groups in total. The van der Waals surface area contributed by atoms with Crippen molar-refractivity contribution in [2.24, 2.45) is 5.92 Å². The maximum atomic E-state index is 12.9. The standard InChI is InChI=1S/C17H21FN4O2S/c1-11-6-8-17(9-7-11)14(23)22(16(24)20-17)21-15(25)19-10-12-2-4-13(18)5-3-12/h2-5,11H,6-10H2,1H3,(H,20,24)(H2,19,21,25). The van der Waals surface area contributed by atoms with Crippen molar-refractivity contribution < 1.29 is 14.0 Å². The lowest BCUT2D eigenvalue weighted by atomic mass is 9.77. The minimum Gasteiger partial charge on any atom is -0.357 e. The fourth-order valence-corrected chi connectivity index (χ4v) is 3.40. The topological polar surface area (TPSA) is 73.5 Å². The van der Waals surface area contributed by atoms with Crippen LogP contribution in [-0.2, 0) is 11.3 Å². The predicted molar refractivity (Wildman–Crippen MR) is 94.7 cm³/mol. The lowest BCUT2D eigenvalue weighted by Gasteiger charge is -2.33. The zero-order valence-corrected chi connectivity index (χ0v) is 14.8. The van der Waals surface area contributed by atoms with Crippen molar-refractivity contribution in [3.63, 3.8) is 0 Å². The third kappa shape index (κ3) is 3.73. The molecule has 0 unspecified atom stereocenters. The number of carbonyl (C=O) groups is 2. The Labute approximate surface area is 151 Å². The van der Waals surface area contributed by atoms with E-state index in [-0.39, 0.29) is 16.8 Å². The van der Waals surface area contributed by atoms with Crippen molar-refractivity contribution in [1.29, 1.82) is 0 Å². The van der Waals surface area contributed by atoms with E-state index in [1.165, 1.54) is 12.1 Å². The highest BCUT2D eigenvalue weighted by Crippen LogP contribution is 2.35. The Hall–Kier alpha value is -2.22. The molecule has 0 atom stereocenters. The van der Waals surface area contributed by atoms with E-state index in [1.807, 2.05) is 0 Å². The fourth-order valence-electron chi connectivity index (χ4n) is 3.24. The summed E-state index contributed by atoms with van der Waals surface area (Å²) >= 11 is 5.16. The molecule has 1 aliphatic carbocycles. The molecule has 2 aliphatic rings. The number of hydrazine groups is 1. The minimum absolute atomic E-state index is 0.161. The van der Waals surface area contributed by atoms with Crippen LogP contribution in [0.5, 0.6) is 0 Å². The highest BCUT2D eigenvalue weighted by molar-refractivity contribution is 7.80. The van der Waals surface area contributed by atoms with Crippen LogP contribution in [-0.4, -0.2) is 27.6 Å². The fraction of sp³-hybridized carbons (Fsp3) is 0.471. The number of nitrogens with zero attached hydrogens (tertiary/aromatic N) is 1. The van der Waals surface area contributed by atoms with Crippen LogP contribution in [0.25, 0.3) is 0 Å². The summed E-state index contributed by atoms with van der Waals surface area (Å²) in [5.41, 5.74) is 2.69. The largest absolute Gasteiger partial charge is 0.357 e. The summed E-state index contributed by atoms with van der Waals surface area (Å²) in [5.74, 6) is -0.0259. The normalized spacial score (nSPS) is 25.8. The number of amides is 3. The van der Waals surface area contributed by atoms with E-state index in [0.717, 1.165) is 23.4 Å². The number of urea groups is 1. The monoisotopic (exact) mass is 364 g/mol. The van der Waals surface area contributed by atoms with Gasteiger partial charge in [0.05, 0.1) is 0 Å². The van der Waals surface area contributed by atoms with Crippen LogP contribution >= 0.6 is 12.2 Å². The van der Waals surface area contributed by atoms with Crippen LogP contribution in [0.2, 0.25) is 0 Å². The first-order chi connectivity index (χ1) is 11.9. The Morgan fingerprint density at radius 3 is 2.60 bits per heavy atom. The molecule has 6 nitrogen and oxygen atoms in total. The molecule has 1 saturated heterocycles. The molecular weight excluding hydrogens is 343 g/mol. The van der Waals surface area contributed by atoms with E-state index in [0.29, 0.717) is 25.3 Å². The summed E-state index contributed by atoms with van der Waals surface area (Å²) in [6, 6.07) is 5.51. The third-order valence-electron chi connectivity index (χ3n) is 4.87. The molecule has 1 heterocycles. The van der Waals surface area contributed by atoms with E-state index in [2.05, 4.69) is 23.0 Å². The number of rotatable bonds is 3. The Kier molecular flexibility index (Phi) is 4.89. The van der Waals surface area contributed by atoms with Gasteiger partial charge in [0.2, 0.25) is 0 Å². The maximum absolute atomic E-state index is 12.9. The molecule has 1 saturated carbocycles. The molecule has 2 fully saturated rings. The third-order valence-corrected chi connectivity index (χ3v) is 5.10. The Morgan fingerprint density at radius 2 is 1.96 bits per heavy atom. The van der Waals surface area contributed by atoms with Gasteiger partial charge in [0.15, 0.2) is 5.11 Å². The van der Waals surface area contributed by atoms with Crippen molar-refractivity contribution in [2.75, 3.05) is 0 Å². The van der Waals surface area contributed by atoms with Crippen molar-refractivity contribution in [3.05, 3.63) is 35.6 Å². The molecule has 3 amide bonds. The van der Waals surface area contributed by atoms with Gasteiger partial charge in [0, 0.05) is 6.54 Å². The maximum Gasteiger partial charge on any atom is 0.344 e. The van der Waals surface area contributed by atoms with Gasteiger partial charge in [0.25, 0.3) is 5.91 Å². The second-order valence-electron chi connectivity index (χ2n) is 6.76. The van der Waals surface area contributed by atoms with Gasteiger partial charge in [-0.2, -0.15) is 5.01 Å². The molecule has 1 aromatic rings. The van der Waals surface area contributed by atoms with Crippen molar-refractivity contribution >= 4 is 29.3 Å². The van der Waals surface area contributed by atoms with Crippen LogP contribution in [0.1, 0.15) is 38.2 Å². The first kappa shape index (κ1) is 17.6. The van der Waals surface area contributed by atoms with E-state index in [9.17, 15) is 14.0 Å². The minimum atomic E-state index is -0.802. The van der Waals surface area contributed by atoms with Crippen molar-refractivity contribution in [3.8, 4) is 0 Å². The van der Waals surface area contributed by atoms with Crippen LogP contribution < -0.4 is 16.1 Å². The average molecular weight is 364 g/mol. The van der Waals surface area contributed by atoms with Crippen LogP contribution in [0.3, 0.4) is 0 Å². The number of thiocarbonyl (C=S) groups is 1. The first-order valence-electron chi connectivity index (χ1n) is 8.35. The number of halogens is 1. The summed E-state index contributed by atoms with van der Waals surface area (Å²) in [5, 5.41) is 6.85. The molecule has 1 aromatic carbocycles. The summed E-state index contributed by atoms with van der Waals surface area (Å²) in [4.78, 5) is 24.9. The second-order valence-corrected chi connectivity index (χ2v) is 7.16. The SMILES string of the molecule is CC1CCC2(CC1)NC(=O)N(NC(=S)NCc1ccc(F)cc1)C2=O. The van der Waals surface area contributed by atoms with Crippen molar-refractivity contribution in [2.45, 2.75) is 44.7 Å². The summed E-state index contributed by atoms with van der Waals surface area (Å²) in [7, 11) is 0. The predicted octanol–water partition coefficient (Wildman–Crippen LogP) is 2.21. The molecule has 134 valence electrons. The molecular formula is C17H21FN4O2S. The van der Waals surface area contributed by atoms with Crippen molar-refractivity contribution in [1.82, 2.24) is 21.1 Å². The van der Waals surface area contributed by atoms with Gasteiger partial charge in [0.1, 0.15) is 11.4 Å². The second kappa shape index (κ2) is 6.95. The Bertz CT molecular complexity index is 686. The molecule has 1 aliphatic heterocycles. The zero-order chi connectivity index (χ0) is 18.0. The van der Waals surface area contributed by atoms with Crippen LogP contribution in [0, 0.1) is 11.7 Å². The molecule has 1 spiro atoms. The van der Waals surface area contributed by atoms with Gasteiger partial charge >= 0.3 is 6.03 Å². The van der Waals surface area contributed by atoms with E-state index >= 15 is 0 Å². The molecule has 25 heavy (non-hydrogen) atoms. The van der Waals surface area contributed by atoms with Gasteiger partial charge in [-0.3, -0.25) is 10.2 Å². The lowest BCUT2D eigenvalue weighted by molar-refractivity contribution is -0.133. The summed E-state index contributed by atoms with van der Waals surface area (Å²) in [6.07, 6.45) is 3.11. The highest BCUT2D eigenvalue weighted by atomic mass is 32.1.